The van der Waals surface area contributed by atoms with Gasteiger partial charge in [0, 0.05) is 11.6 Å². The molecule has 3 nitrogen and oxygen atoms in total. The third-order valence-corrected chi connectivity index (χ3v) is 5.51. The highest BCUT2D eigenvalue weighted by Gasteiger charge is 2.06. The van der Waals surface area contributed by atoms with Gasteiger partial charge in [-0.3, -0.25) is 9.98 Å². The van der Waals surface area contributed by atoms with Gasteiger partial charge in [-0.25, -0.2) is 0 Å². The first-order chi connectivity index (χ1) is 14.2. The number of rotatable bonds is 6. The summed E-state index contributed by atoms with van der Waals surface area (Å²) in [6.07, 6.45) is 8.89. The van der Waals surface area contributed by atoms with Crippen LogP contribution >= 0.6 is 0 Å². The fourth-order valence-corrected chi connectivity index (χ4v) is 3.73. The summed E-state index contributed by atoms with van der Waals surface area (Å²) in [4.78, 5) is 8.24. The van der Waals surface area contributed by atoms with Crippen LogP contribution in [0.2, 0.25) is 0 Å². The van der Waals surface area contributed by atoms with E-state index in [9.17, 15) is 0 Å². The van der Waals surface area contributed by atoms with E-state index in [-0.39, 0.29) is 0 Å². The third-order valence-electron chi connectivity index (χ3n) is 5.51. The van der Waals surface area contributed by atoms with E-state index in [1.165, 1.54) is 39.6 Å². The molecule has 2 aromatic carbocycles. The third kappa shape index (κ3) is 5.66. The van der Waals surface area contributed by atoms with Crippen molar-refractivity contribution in [3.63, 3.8) is 0 Å². The van der Waals surface area contributed by atoms with Crippen LogP contribution in [0.4, 0.5) is 0 Å². The van der Waals surface area contributed by atoms with Gasteiger partial charge in [-0.2, -0.15) is 0 Å². The largest absolute Gasteiger partial charge is 0.482 e. The van der Waals surface area contributed by atoms with E-state index in [2.05, 4.69) is 77.9 Å². The molecule has 0 unspecified atom stereocenters. The van der Waals surface area contributed by atoms with Crippen molar-refractivity contribution < 1.29 is 4.74 Å². The summed E-state index contributed by atoms with van der Waals surface area (Å²) in [7, 11) is 0. The van der Waals surface area contributed by atoms with Gasteiger partial charge in [-0.05, 0) is 78.1 Å². The van der Waals surface area contributed by atoms with Gasteiger partial charge >= 0.3 is 0 Å². The Balaban J connectivity index is 0.000000419. The Kier molecular flexibility index (Phi) is 7.80. The highest BCUT2D eigenvalue weighted by atomic mass is 16.5. The maximum absolute atomic E-state index is 4.65. The molecule has 1 aliphatic rings. The van der Waals surface area contributed by atoms with Crippen molar-refractivity contribution in [3.05, 3.63) is 76.5 Å². The predicted octanol–water partition coefficient (Wildman–Crippen LogP) is 5.75. The molecule has 0 fully saturated rings. The number of fused-ring (bicyclic) bond motifs is 1. The Bertz CT molecular complexity index is 956. The van der Waals surface area contributed by atoms with E-state index in [0.29, 0.717) is 0 Å². The molecular formula is C26H32N2O. The van der Waals surface area contributed by atoms with Crippen LogP contribution in [-0.2, 0) is 36.8 Å². The number of aryl methyl sites for hydroxylation is 5. The van der Waals surface area contributed by atoms with Crippen LogP contribution < -0.4 is 0 Å². The van der Waals surface area contributed by atoms with Crippen molar-refractivity contribution in [1.82, 2.24) is 4.98 Å². The van der Waals surface area contributed by atoms with Crippen LogP contribution in [0, 0.1) is 0 Å². The molecule has 0 amide bonds. The summed E-state index contributed by atoms with van der Waals surface area (Å²) in [5.41, 5.74) is 8.36. The molecule has 4 rings (SSSR count). The van der Waals surface area contributed by atoms with Crippen molar-refractivity contribution in [1.29, 1.82) is 0 Å². The molecule has 0 atom stereocenters. The number of benzene rings is 2. The van der Waals surface area contributed by atoms with Crippen LogP contribution in [0.25, 0.3) is 10.9 Å². The number of ether oxygens (including phenoxy) is 1. The second-order valence-corrected chi connectivity index (χ2v) is 7.37. The zero-order valence-corrected chi connectivity index (χ0v) is 17.9. The molecule has 0 radical (unpaired) electrons. The average molecular weight is 389 g/mol. The number of aliphatic imine (C=N–C) groups is 1. The SMILES string of the molecule is C1=NCCO1.CCc1ccc(CC)c(CCc2ccc3nccc(CC)c3c2)c1. The molecule has 1 aromatic heterocycles. The van der Waals surface area contributed by atoms with Gasteiger partial charge in [0.15, 0.2) is 6.40 Å². The number of hydrogen-bond acceptors (Lipinski definition) is 3. The molecule has 3 aromatic rings. The zero-order valence-electron chi connectivity index (χ0n) is 17.9. The van der Waals surface area contributed by atoms with Crippen LogP contribution in [0.5, 0.6) is 0 Å². The van der Waals surface area contributed by atoms with Gasteiger partial charge in [-0.15, -0.1) is 0 Å². The van der Waals surface area contributed by atoms with Gasteiger partial charge in [0.05, 0.1) is 12.1 Å². The Hall–Kier alpha value is -2.68. The number of pyridine rings is 1. The lowest BCUT2D eigenvalue weighted by Gasteiger charge is -2.11. The molecule has 1 aliphatic heterocycles. The van der Waals surface area contributed by atoms with E-state index in [1.54, 1.807) is 0 Å². The van der Waals surface area contributed by atoms with Crippen LogP contribution in [0.3, 0.4) is 0 Å². The van der Waals surface area contributed by atoms with Crippen LogP contribution in [0.15, 0.2) is 53.7 Å². The van der Waals surface area contributed by atoms with Crippen LogP contribution in [0.1, 0.15) is 48.6 Å². The van der Waals surface area contributed by atoms with Gasteiger partial charge in [0.1, 0.15) is 6.61 Å². The fourth-order valence-electron chi connectivity index (χ4n) is 3.73. The van der Waals surface area contributed by atoms with E-state index >= 15 is 0 Å². The average Bonchev–Trinajstić information content (AvgIpc) is 3.37. The first kappa shape index (κ1) is 21.0. The van der Waals surface area contributed by atoms with E-state index < -0.39 is 0 Å². The Morgan fingerprint density at radius 3 is 2.28 bits per heavy atom. The molecule has 0 N–H and O–H groups in total. The first-order valence-corrected chi connectivity index (χ1v) is 10.8. The van der Waals surface area contributed by atoms with E-state index in [4.69, 9.17) is 0 Å². The Morgan fingerprint density at radius 1 is 0.793 bits per heavy atom. The minimum absolute atomic E-state index is 0.778. The minimum Gasteiger partial charge on any atom is -0.482 e. The molecular weight excluding hydrogens is 356 g/mol. The maximum Gasteiger partial charge on any atom is 0.169 e. The Morgan fingerprint density at radius 2 is 1.62 bits per heavy atom. The molecule has 0 bridgehead atoms. The number of aromatic nitrogens is 1. The predicted molar refractivity (Wildman–Crippen MR) is 123 cm³/mol. The highest BCUT2D eigenvalue weighted by molar-refractivity contribution is 5.82. The quantitative estimate of drug-likeness (QED) is 0.539. The topological polar surface area (TPSA) is 34.5 Å². The van der Waals surface area contributed by atoms with Crippen molar-refractivity contribution in [2.24, 2.45) is 4.99 Å². The summed E-state index contributed by atoms with van der Waals surface area (Å²) >= 11 is 0. The van der Waals surface area contributed by atoms with Crippen LogP contribution in [-0.4, -0.2) is 24.5 Å². The fraction of sp³-hybridized carbons (Fsp3) is 0.385. The van der Waals surface area contributed by atoms with E-state index in [1.807, 2.05) is 6.20 Å². The van der Waals surface area contributed by atoms with Crippen molar-refractivity contribution in [3.8, 4) is 0 Å². The minimum atomic E-state index is 0.778. The molecule has 0 saturated heterocycles. The molecule has 0 aliphatic carbocycles. The molecule has 29 heavy (non-hydrogen) atoms. The van der Waals surface area contributed by atoms with Gasteiger partial charge in [0.25, 0.3) is 0 Å². The van der Waals surface area contributed by atoms with E-state index in [0.717, 1.165) is 50.8 Å². The maximum atomic E-state index is 4.65. The summed E-state index contributed by atoms with van der Waals surface area (Å²) in [5, 5.41) is 1.32. The van der Waals surface area contributed by atoms with Crippen molar-refractivity contribution in [2.45, 2.75) is 52.9 Å². The smallest absolute Gasteiger partial charge is 0.169 e. The van der Waals surface area contributed by atoms with Gasteiger partial charge in [-0.1, -0.05) is 45.0 Å². The monoisotopic (exact) mass is 388 g/mol. The highest BCUT2D eigenvalue weighted by Crippen LogP contribution is 2.21. The lowest BCUT2D eigenvalue weighted by molar-refractivity contribution is 0.361. The number of hydrogen-bond donors (Lipinski definition) is 0. The zero-order chi connectivity index (χ0) is 20.5. The van der Waals surface area contributed by atoms with Crippen molar-refractivity contribution in [2.75, 3.05) is 13.2 Å². The van der Waals surface area contributed by atoms with Gasteiger partial charge in [0.2, 0.25) is 0 Å². The van der Waals surface area contributed by atoms with Gasteiger partial charge < -0.3 is 4.74 Å². The summed E-state index contributed by atoms with van der Waals surface area (Å²) in [6.45, 7) is 8.32. The lowest BCUT2D eigenvalue weighted by atomic mass is 9.95. The summed E-state index contributed by atoms with van der Waals surface area (Å²) in [5.74, 6) is 0. The second-order valence-electron chi connectivity index (χ2n) is 7.37. The Labute approximate surface area is 174 Å². The molecule has 152 valence electrons. The second kappa shape index (κ2) is 10.8. The molecule has 3 heteroatoms. The number of nitrogens with zero attached hydrogens (tertiary/aromatic N) is 2. The standard InChI is InChI=1S/C23H27N.C3H5NO/c1-4-17-7-10-19(5-2)21(15-17)11-8-18-9-12-23-22(16-18)20(6-3)13-14-24-23;1-2-5-3-4-1/h7,9-10,12-16H,4-6,8,11H2,1-3H3;3H,1-2H2. The molecule has 0 saturated carbocycles. The summed E-state index contributed by atoms with van der Waals surface area (Å²) < 4.78 is 4.65. The van der Waals surface area contributed by atoms with Crippen molar-refractivity contribution >= 4 is 17.3 Å². The molecule has 0 spiro atoms. The lowest BCUT2D eigenvalue weighted by Crippen LogP contribution is -1.98. The molecule has 2 heterocycles. The first-order valence-electron chi connectivity index (χ1n) is 10.8. The summed E-state index contributed by atoms with van der Waals surface area (Å²) in [6, 6.07) is 15.9. The normalized spacial score (nSPS) is 12.5.